The molecular formula is C21H23NO5. The first-order valence-electron chi connectivity index (χ1n) is 8.58. The largest absolute Gasteiger partial charge is 0.489 e. The van der Waals surface area contributed by atoms with Gasteiger partial charge in [-0.15, -0.1) is 0 Å². The molecule has 2 aromatic carbocycles. The van der Waals surface area contributed by atoms with Crippen molar-refractivity contribution in [1.82, 2.24) is 5.32 Å². The van der Waals surface area contributed by atoms with Crippen molar-refractivity contribution in [3.63, 3.8) is 0 Å². The molecule has 2 rings (SSSR count). The van der Waals surface area contributed by atoms with Crippen molar-refractivity contribution in [1.29, 1.82) is 0 Å². The first-order valence-corrected chi connectivity index (χ1v) is 8.58. The third kappa shape index (κ3) is 6.86. The Kier molecular flexibility index (Phi) is 7.91. The second kappa shape index (κ2) is 10.7. The molecule has 0 fully saturated rings. The molecule has 0 heterocycles. The summed E-state index contributed by atoms with van der Waals surface area (Å²) in [4.78, 5) is 22.8. The molecule has 0 aliphatic rings. The molecule has 6 heteroatoms. The van der Waals surface area contributed by atoms with Crippen LogP contribution in [0.25, 0.3) is 11.1 Å². The fraction of sp³-hybridized carbons (Fsp3) is 0.238. The van der Waals surface area contributed by atoms with Crippen LogP contribution in [0.3, 0.4) is 0 Å². The van der Waals surface area contributed by atoms with E-state index in [0.717, 1.165) is 16.9 Å². The summed E-state index contributed by atoms with van der Waals surface area (Å²) in [5, 5.41) is 2.49. The standard InChI is InChI=1S/C21H23NO5/c1-16(2)20(23)26-13-12-22-21(24)27-15-14-25-19-11-7-6-10-18(19)17-8-4-3-5-9-17/h3-11H,1,12-15H2,2H3,(H,22,24). The van der Waals surface area contributed by atoms with E-state index in [2.05, 4.69) is 11.9 Å². The van der Waals surface area contributed by atoms with Crippen molar-refractivity contribution in [3.05, 3.63) is 66.7 Å². The van der Waals surface area contributed by atoms with Crippen LogP contribution in [0, 0.1) is 0 Å². The van der Waals surface area contributed by atoms with Crippen molar-refractivity contribution in [3.8, 4) is 16.9 Å². The van der Waals surface area contributed by atoms with E-state index in [1.165, 1.54) is 0 Å². The summed E-state index contributed by atoms with van der Waals surface area (Å²) < 4.78 is 15.6. The van der Waals surface area contributed by atoms with Crippen LogP contribution in [0.15, 0.2) is 66.7 Å². The van der Waals surface area contributed by atoms with Gasteiger partial charge in [-0.25, -0.2) is 9.59 Å². The molecule has 0 spiro atoms. The first-order chi connectivity index (χ1) is 13.1. The summed E-state index contributed by atoms with van der Waals surface area (Å²) in [7, 11) is 0. The molecule has 0 aromatic heterocycles. The number of alkyl carbamates (subject to hydrolysis) is 1. The predicted octanol–water partition coefficient (Wildman–Crippen LogP) is 3.58. The molecule has 1 amide bonds. The zero-order valence-corrected chi connectivity index (χ0v) is 15.3. The SMILES string of the molecule is C=C(C)C(=O)OCCNC(=O)OCCOc1ccccc1-c1ccccc1. The lowest BCUT2D eigenvalue weighted by molar-refractivity contribution is -0.138. The molecule has 0 atom stereocenters. The van der Waals surface area contributed by atoms with Crippen LogP contribution in [0.5, 0.6) is 5.75 Å². The van der Waals surface area contributed by atoms with Gasteiger partial charge in [-0.2, -0.15) is 0 Å². The van der Waals surface area contributed by atoms with Gasteiger partial charge in [0.25, 0.3) is 0 Å². The normalized spacial score (nSPS) is 9.96. The van der Waals surface area contributed by atoms with E-state index < -0.39 is 12.1 Å². The smallest absolute Gasteiger partial charge is 0.407 e. The van der Waals surface area contributed by atoms with Gasteiger partial charge in [0.1, 0.15) is 25.6 Å². The molecule has 0 aliphatic carbocycles. The first kappa shape index (κ1) is 20.0. The molecule has 0 aliphatic heterocycles. The van der Waals surface area contributed by atoms with E-state index in [0.29, 0.717) is 5.57 Å². The minimum absolute atomic E-state index is 0.0573. The van der Waals surface area contributed by atoms with Gasteiger partial charge < -0.3 is 19.5 Å². The third-order valence-corrected chi connectivity index (χ3v) is 3.50. The maximum Gasteiger partial charge on any atom is 0.407 e. The van der Waals surface area contributed by atoms with Crippen molar-refractivity contribution < 1.29 is 23.8 Å². The molecule has 0 unspecified atom stereocenters. The number of nitrogens with one attached hydrogen (secondary N) is 1. The third-order valence-electron chi connectivity index (χ3n) is 3.50. The Morgan fingerprint density at radius 2 is 1.63 bits per heavy atom. The van der Waals surface area contributed by atoms with Crippen LogP contribution < -0.4 is 10.1 Å². The molecule has 0 saturated carbocycles. The molecule has 27 heavy (non-hydrogen) atoms. The summed E-state index contributed by atoms with van der Waals surface area (Å²) in [6.07, 6.45) is -0.596. The summed E-state index contributed by atoms with van der Waals surface area (Å²) >= 11 is 0. The van der Waals surface area contributed by atoms with Crippen LogP contribution in [0.4, 0.5) is 4.79 Å². The molecule has 1 N–H and O–H groups in total. The Bertz CT molecular complexity index is 773. The van der Waals surface area contributed by atoms with Gasteiger partial charge in [0.15, 0.2) is 0 Å². The number of hydrogen-bond donors (Lipinski definition) is 1. The average molecular weight is 369 g/mol. The number of benzene rings is 2. The van der Waals surface area contributed by atoms with Gasteiger partial charge in [-0.3, -0.25) is 0 Å². The van der Waals surface area contributed by atoms with Crippen LogP contribution in [0.2, 0.25) is 0 Å². The van der Waals surface area contributed by atoms with Crippen LogP contribution in [-0.2, 0) is 14.3 Å². The van der Waals surface area contributed by atoms with E-state index >= 15 is 0 Å². The maximum absolute atomic E-state index is 11.6. The highest BCUT2D eigenvalue weighted by atomic mass is 16.6. The Balaban J connectivity index is 1.69. The number of carbonyl (C=O) groups is 2. The van der Waals surface area contributed by atoms with Crippen molar-refractivity contribution in [2.45, 2.75) is 6.92 Å². The van der Waals surface area contributed by atoms with E-state index in [1.54, 1.807) is 6.92 Å². The number of carbonyl (C=O) groups excluding carboxylic acids is 2. The number of para-hydroxylation sites is 1. The van der Waals surface area contributed by atoms with Crippen LogP contribution in [0.1, 0.15) is 6.92 Å². The number of esters is 1. The molecule has 0 radical (unpaired) electrons. The number of hydrogen-bond acceptors (Lipinski definition) is 5. The fourth-order valence-corrected chi connectivity index (χ4v) is 2.21. The molecule has 6 nitrogen and oxygen atoms in total. The van der Waals surface area contributed by atoms with Crippen molar-refractivity contribution >= 4 is 12.1 Å². The highest BCUT2D eigenvalue weighted by Gasteiger charge is 2.07. The molecule has 0 saturated heterocycles. The van der Waals surface area contributed by atoms with Gasteiger partial charge in [0.2, 0.25) is 0 Å². The minimum Gasteiger partial charge on any atom is -0.489 e. The van der Waals surface area contributed by atoms with E-state index in [9.17, 15) is 9.59 Å². The summed E-state index contributed by atoms with van der Waals surface area (Å²) in [6, 6.07) is 17.6. The zero-order valence-electron chi connectivity index (χ0n) is 15.3. The zero-order chi connectivity index (χ0) is 19.5. The highest BCUT2D eigenvalue weighted by Crippen LogP contribution is 2.29. The Morgan fingerprint density at radius 3 is 2.37 bits per heavy atom. The highest BCUT2D eigenvalue weighted by molar-refractivity contribution is 5.86. The van der Waals surface area contributed by atoms with E-state index in [1.807, 2.05) is 54.6 Å². The van der Waals surface area contributed by atoms with Crippen molar-refractivity contribution in [2.24, 2.45) is 0 Å². The molecule has 2 aromatic rings. The molecular weight excluding hydrogens is 346 g/mol. The summed E-state index contributed by atoms with van der Waals surface area (Å²) in [6.45, 7) is 5.57. The topological polar surface area (TPSA) is 73.9 Å². The lowest BCUT2D eigenvalue weighted by Gasteiger charge is -2.12. The number of amides is 1. The fourth-order valence-electron chi connectivity index (χ4n) is 2.21. The summed E-state index contributed by atoms with van der Waals surface area (Å²) in [5.74, 6) is 0.232. The molecule has 142 valence electrons. The summed E-state index contributed by atoms with van der Waals surface area (Å²) in [5.41, 5.74) is 2.34. The van der Waals surface area contributed by atoms with Crippen LogP contribution in [-0.4, -0.2) is 38.4 Å². The van der Waals surface area contributed by atoms with Gasteiger partial charge in [-0.05, 0) is 18.6 Å². The Hall–Kier alpha value is -3.28. The second-order valence-corrected chi connectivity index (χ2v) is 5.69. The average Bonchev–Trinajstić information content (AvgIpc) is 2.69. The minimum atomic E-state index is -0.596. The Labute approximate surface area is 158 Å². The second-order valence-electron chi connectivity index (χ2n) is 5.69. The lowest BCUT2D eigenvalue weighted by atomic mass is 10.1. The van der Waals surface area contributed by atoms with Crippen molar-refractivity contribution in [2.75, 3.05) is 26.4 Å². The number of ether oxygens (including phenoxy) is 3. The predicted molar refractivity (Wildman–Crippen MR) is 102 cm³/mol. The monoisotopic (exact) mass is 369 g/mol. The quantitative estimate of drug-likeness (QED) is 0.415. The molecule has 0 bridgehead atoms. The van der Waals surface area contributed by atoms with Gasteiger partial charge in [-0.1, -0.05) is 55.1 Å². The number of rotatable bonds is 9. The van der Waals surface area contributed by atoms with Gasteiger partial charge in [0, 0.05) is 11.1 Å². The van der Waals surface area contributed by atoms with E-state index in [4.69, 9.17) is 14.2 Å². The van der Waals surface area contributed by atoms with Gasteiger partial charge >= 0.3 is 12.1 Å². The lowest BCUT2D eigenvalue weighted by Crippen LogP contribution is -2.29. The van der Waals surface area contributed by atoms with Gasteiger partial charge in [0.05, 0.1) is 6.54 Å². The Morgan fingerprint density at radius 1 is 0.926 bits per heavy atom. The van der Waals surface area contributed by atoms with Crippen LogP contribution >= 0.6 is 0 Å². The maximum atomic E-state index is 11.6. The van der Waals surface area contributed by atoms with E-state index in [-0.39, 0.29) is 26.4 Å².